The molecule has 0 aliphatic carbocycles. The van der Waals surface area contributed by atoms with E-state index >= 15 is 0 Å². The number of rotatable bonds is 4. The summed E-state index contributed by atoms with van der Waals surface area (Å²) in [6, 6.07) is 9.05. The van der Waals surface area contributed by atoms with Gasteiger partial charge in [0.2, 0.25) is 0 Å². The van der Waals surface area contributed by atoms with Gasteiger partial charge >= 0.3 is 0 Å². The highest BCUT2D eigenvalue weighted by atomic mass is 19.1. The fourth-order valence-corrected chi connectivity index (χ4v) is 2.32. The number of benzene rings is 1. The Morgan fingerprint density at radius 1 is 1.58 bits per heavy atom. The third kappa shape index (κ3) is 3.39. The smallest absolute Gasteiger partial charge is 0.127 e. The van der Waals surface area contributed by atoms with Gasteiger partial charge in [-0.1, -0.05) is 25.1 Å². The van der Waals surface area contributed by atoms with E-state index in [0.29, 0.717) is 12.1 Å². The van der Waals surface area contributed by atoms with Gasteiger partial charge in [-0.15, -0.1) is 0 Å². The molecule has 1 saturated heterocycles. The Hall–Kier alpha value is -1.73. The minimum absolute atomic E-state index is 0.00882. The molecule has 3 nitrogen and oxygen atoms in total. The van der Waals surface area contributed by atoms with Crippen LogP contribution >= 0.6 is 0 Å². The van der Waals surface area contributed by atoms with Crippen molar-refractivity contribution in [2.24, 2.45) is 10.9 Å². The number of aliphatic imine (C=N–C) groups is 1. The first-order valence-electron chi connectivity index (χ1n) is 6.65. The summed E-state index contributed by atoms with van der Waals surface area (Å²) in [5, 5.41) is 12.0. The molecule has 0 amide bonds. The minimum Gasteiger partial charge on any atom is -0.294 e. The number of hydrogen-bond acceptors (Lipinski definition) is 3. The number of halogens is 1. The van der Waals surface area contributed by atoms with Crippen LogP contribution in [0.3, 0.4) is 0 Å². The van der Waals surface area contributed by atoms with Gasteiger partial charge in [0.1, 0.15) is 12.0 Å². The second-order valence-corrected chi connectivity index (χ2v) is 4.82. The molecule has 1 aliphatic heterocycles. The van der Waals surface area contributed by atoms with Crippen molar-refractivity contribution < 1.29 is 4.39 Å². The highest BCUT2D eigenvalue weighted by molar-refractivity contribution is 5.68. The second-order valence-electron chi connectivity index (χ2n) is 4.82. The first kappa shape index (κ1) is 13.7. The van der Waals surface area contributed by atoms with Crippen LogP contribution < -0.4 is 5.32 Å². The van der Waals surface area contributed by atoms with Gasteiger partial charge in [-0.05, 0) is 24.5 Å². The Morgan fingerprint density at radius 2 is 2.37 bits per heavy atom. The van der Waals surface area contributed by atoms with Crippen molar-refractivity contribution >= 4 is 6.21 Å². The molecule has 1 aromatic rings. The zero-order valence-corrected chi connectivity index (χ0v) is 11.0. The van der Waals surface area contributed by atoms with Gasteiger partial charge in [-0.25, -0.2) is 4.39 Å². The molecule has 1 aliphatic rings. The van der Waals surface area contributed by atoms with E-state index in [4.69, 9.17) is 5.26 Å². The Labute approximate surface area is 113 Å². The van der Waals surface area contributed by atoms with E-state index in [9.17, 15) is 4.39 Å². The maximum atomic E-state index is 13.7. The number of hydrogen-bond donors (Lipinski definition) is 1. The van der Waals surface area contributed by atoms with Crippen LogP contribution in [0, 0.1) is 23.1 Å². The summed E-state index contributed by atoms with van der Waals surface area (Å²) >= 11 is 0. The Balaban J connectivity index is 2.04. The molecule has 100 valence electrons. The standard InChI is InChI=1S/C15H18FN3/c1-2-12(13-5-3-4-6-14(13)16)10-19-15-7-11(8-17)9-18-15/h3-6,10-12,15,18H,2,7,9H2,1H3. The molecular weight excluding hydrogens is 241 g/mol. The van der Waals surface area contributed by atoms with Crippen LogP contribution in [0.4, 0.5) is 4.39 Å². The summed E-state index contributed by atoms with van der Waals surface area (Å²) in [5.74, 6) is -0.157. The molecular formula is C15H18FN3. The van der Waals surface area contributed by atoms with Gasteiger partial charge in [0, 0.05) is 18.7 Å². The Bertz CT molecular complexity index is 492. The van der Waals surface area contributed by atoms with E-state index in [1.807, 2.05) is 19.2 Å². The summed E-state index contributed by atoms with van der Waals surface area (Å²) in [6.45, 7) is 2.71. The molecule has 0 aromatic heterocycles. The average molecular weight is 259 g/mol. The van der Waals surface area contributed by atoms with E-state index in [-0.39, 0.29) is 23.8 Å². The average Bonchev–Trinajstić information content (AvgIpc) is 2.89. The van der Waals surface area contributed by atoms with Crippen molar-refractivity contribution in [3.05, 3.63) is 35.6 Å². The maximum absolute atomic E-state index is 13.7. The Kier molecular flexibility index (Phi) is 4.64. The molecule has 3 atom stereocenters. The van der Waals surface area contributed by atoms with Gasteiger partial charge in [-0.2, -0.15) is 5.26 Å². The van der Waals surface area contributed by atoms with Crippen molar-refractivity contribution in [3.8, 4) is 6.07 Å². The summed E-state index contributed by atoms with van der Waals surface area (Å²) < 4.78 is 13.7. The highest BCUT2D eigenvalue weighted by Crippen LogP contribution is 2.21. The summed E-state index contributed by atoms with van der Waals surface area (Å²) in [4.78, 5) is 4.46. The maximum Gasteiger partial charge on any atom is 0.127 e. The van der Waals surface area contributed by atoms with Crippen molar-refractivity contribution in [2.75, 3.05) is 6.54 Å². The molecule has 0 radical (unpaired) electrons. The molecule has 0 bridgehead atoms. The van der Waals surface area contributed by atoms with Crippen LogP contribution in [-0.2, 0) is 0 Å². The van der Waals surface area contributed by atoms with Crippen molar-refractivity contribution in [1.82, 2.24) is 5.32 Å². The topological polar surface area (TPSA) is 48.2 Å². The molecule has 1 fully saturated rings. The normalized spacial score (nSPS) is 24.5. The van der Waals surface area contributed by atoms with Crippen LogP contribution in [0.2, 0.25) is 0 Å². The van der Waals surface area contributed by atoms with Gasteiger partial charge in [0.05, 0.1) is 12.0 Å². The zero-order chi connectivity index (χ0) is 13.7. The highest BCUT2D eigenvalue weighted by Gasteiger charge is 2.23. The van der Waals surface area contributed by atoms with E-state index in [1.54, 1.807) is 12.1 Å². The lowest BCUT2D eigenvalue weighted by molar-refractivity contribution is 0.597. The zero-order valence-electron chi connectivity index (χ0n) is 11.0. The molecule has 1 aromatic carbocycles. The van der Waals surface area contributed by atoms with Crippen molar-refractivity contribution in [2.45, 2.75) is 31.8 Å². The summed E-state index contributed by atoms with van der Waals surface area (Å²) in [5.41, 5.74) is 0.684. The summed E-state index contributed by atoms with van der Waals surface area (Å²) in [7, 11) is 0. The summed E-state index contributed by atoms with van der Waals surface area (Å²) in [6.07, 6.45) is 3.35. The van der Waals surface area contributed by atoms with Gasteiger partial charge in [-0.3, -0.25) is 10.3 Å². The fourth-order valence-electron chi connectivity index (χ4n) is 2.32. The van der Waals surface area contributed by atoms with Crippen LogP contribution in [0.1, 0.15) is 31.2 Å². The van der Waals surface area contributed by atoms with Gasteiger partial charge in [0.25, 0.3) is 0 Å². The van der Waals surface area contributed by atoms with E-state index in [0.717, 1.165) is 12.8 Å². The predicted molar refractivity (Wildman–Crippen MR) is 73.4 cm³/mol. The number of nitrogens with one attached hydrogen (secondary N) is 1. The van der Waals surface area contributed by atoms with E-state index in [1.165, 1.54) is 6.07 Å². The quantitative estimate of drug-likeness (QED) is 0.845. The lowest BCUT2D eigenvalue weighted by Gasteiger charge is -2.12. The predicted octanol–water partition coefficient (Wildman–Crippen LogP) is 2.85. The van der Waals surface area contributed by atoms with Gasteiger partial charge in [0.15, 0.2) is 0 Å². The molecule has 3 unspecified atom stereocenters. The second kappa shape index (κ2) is 6.44. The third-order valence-corrected chi connectivity index (χ3v) is 3.48. The minimum atomic E-state index is -0.185. The van der Waals surface area contributed by atoms with Crippen molar-refractivity contribution in [3.63, 3.8) is 0 Å². The third-order valence-electron chi connectivity index (χ3n) is 3.48. The lowest BCUT2D eigenvalue weighted by Crippen LogP contribution is -2.19. The number of nitrogens with zero attached hydrogens (tertiary/aromatic N) is 2. The van der Waals surface area contributed by atoms with Crippen LogP contribution in [0.15, 0.2) is 29.3 Å². The molecule has 4 heteroatoms. The molecule has 19 heavy (non-hydrogen) atoms. The van der Waals surface area contributed by atoms with E-state index in [2.05, 4.69) is 16.4 Å². The molecule has 2 rings (SSSR count). The Morgan fingerprint density at radius 3 is 3.00 bits per heavy atom. The lowest BCUT2D eigenvalue weighted by atomic mass is 9.97. The first-order chi connectivity index (χ1) is 9.24. The van der Waals surface area contributed by atoms with Crippen LogP contribution in [0.25, 0.3) is 0 Å². The largest absolute Gasteiger partial charge is 0.294 e. The molecule has 0 saturated carbocycles. The molecule has 1 N–H and O–H groups in total. The van der Waals surface area contributed by atoms with Gasteiger partial charge < -0.3 is 0 Å². The molecule has 0 spiro atoms. The van der Waals surface area contributed by atoms with Crippen LogP contribution in [-0.4, -0.2) is 18.9 Å². The van der Waals surface area contributed by atoms with Crippen LogP contribution in [0.5, 0.6) is 0 Å². The first-order valence-corrected chi connectivity index (χ1v) is 6.65. The molecule has 1 heterocycles. The van der Waals surface area contributed by atoms with Crippen molar-refractivity contribution in [1.29, 1.82) is 5.26 Å². The van der Waals surface area contributed by atoms with E-state index < -0.39 is 0 Å². The SMILES string of the molecule is CCC(C=NC1CC(C#N)CN1)c1ccccc1F. The monoisotopic (exact) mass is 259 g/mol. The fraction of sp³-hybridized carbons (Fsp3) is 0.467. The number of nitriles is 1.